The zero-order chi connectivity index (χ0) is 10.1. The highest BCUT2D eigenvalue weighted by Gasteiger charge is 2.00. The molecule has 0 heterocycles. The van der Waals surface area contributed by atoms with Crippen molar-refractivity contribution in [3.63, 3.8) is 0 Å². The topological polar surface area (TPSA) is 12.4 Å². The van der Waals surface area contributed by atoms with Crippen molar-refractivity contribution < 1.29 is 0 Å². The van der Waals surface area contributed by atoms with Crippen molar-refractivity contribution in [1.82, 2.24) is 0 Å². The quantitative estimate of drug-likeness (QED) is 0.335. The lowest BCUT2D eigenvalue weighted by molar-refractivity contribution is 0.729. The zero-order valence-electron chi connectivity index (χ0n) is 8.66. The molecule has 0 amide bonds. The average Bonchev–Trinajstić information content (AvgIpc) is 2.14. The lowest BCUT2D eigenvalue weighted by Gasteiger charge is -2.05. The van der Waals surface area contributed by atoms with E-state index in [2.05, 4.69) is 31.2 Å². The summed E-state index contributed by atoms with van der Waals surface area (Å²) in [5.41, 5.74) is 1.22. The molecule has 13 heavy (non-hydrogen) atoms. The van der Waals surface area contributed by atoms with Crippen LogP contribution in [0.3, 0.4) is 0 Å². The van der Waals surface area contributed by atoms with Gasteiger partial charge in [-0.25, -0.2) is 0 Å². The first-order valence-corrected chi connectivity index (χ1v) is 4.57. The first kappa shape index (κ1) is 11.9. The molecule has 0 spiro atoms. The minimum Gasteiger partial charge on any atom is -0.301 e. The Morgan fingerprint density at radius 2 is 2.08 bits per heavy atom. The largest absolute Gasteiger partial charge is 0.301 e. The summed E-state index contributed by atoms with van der Waals surface area (Å²) in [6, 6.07) is 0. The second-order valence-corrected chi connectivity index (χ2v) is 3.08. The Labute approximate surface area is 81.6 Å². The van der Waals surface area contributed by atoms with E-state index in [4.69, 9.17) is 0 Å². The van der Waals surface area contributed by atoms with Crippen LogP contribution in [0.5, 0.6) is 0 Å². The Hall–Kier alpha value is -1.11. The third-order valence-electron chi connectivity index (χ3n) is 1.89. The van der Waals surface area contributed by atoms with Crippen molar-refractivity contribution in [2.75, 3.05) is 7.05 Å². The van der Waals surface area contributed by atoms with Gasteiger partial charge in [0.15, 0.2) is 0 Å². The van der Waals surface area contributed by atoms with Crippen molar-refractivity contribution >= 4 is 6.21 Å². The van der Waals surface area contributed by atoms with Gasteiger partial charge >= 0.3 is 0 Å². The molecule has 0 aromatic heterocycles. The molecule has 0 aliphatic rings. The molecule has 1 unspecified atom stereocenters. The van der Waals surface area contributed by atoms with Crippen molar-refractivity contribution in [2.45, 2.75) is 19.8 Å². The number of hydrogen-bond acceptors (Lipinski definition) is 1. The molecular formula is C12H19N. The molecule has 0 rings (SSSR count). The molecule has 0 aromatic carbocycles. The molecule has 72 valence electrons. The third kappa shape index (κ3) is 6.09. The normalized spacial score (nSPS) is 14.5. The molecule has 1 atom stereocenters. The summed E-state index contributed by atoms with van der Waals surface area (Å²) in [7, 11) is 1.81. The van der Waals surface area contributed by atoms with Gasteiger partial charge in [-0.3, -0.25) is 0 Å². The second kappa shape index (κ2) is 7.53. The highest BCUT2D eigenvalue weighted by atomic mass is 14.6. The first-order valence-electron chi connectivity index (χ1n) is 4.57. The van der Waals surface area contributed by atoms with E-state index in [1.165, 1.54) is 5.57 Å². The van der Waals surface area contributed by atoms with Gasteiger partial charge in [0.05, 0.1) is 0 Å². The van der Waals surface area contributed by atoms with Gasteiger partial charge in [-0.1, -0.05) is 30.4 Å². The smallest absolute Gasteiger partial charge is 0.0273 e. The second-order valence-electron chi connectivity index (χ2n) is 3.08. The standard InChI is InChI=1S/C12H19N/c1-5-7-12(10-13-4)9-8-11(3)6-2/h5-6,8,10,12H,1-2,7,9H2,3-4H3/b11-8-,13-10-. The summed E-state index contributed by atoms with van der Waals surface area (Å²) in [4.78, 5) is 4.03. The van der Waals surface area contributed by atoms with Gasteiger partial charge in [0.2, 0.25) is 0 Å². The van der Waals surface area contributed by atoms with Crippen LogP contribution in [0.2, 0.25) is 0 Å². The predicted octanol–water partition coefficient (Wildman–Crippen LogP) is 3.40. The fraction of sp³-hybridized carbons (Fsp3) is 0.417. The predicted molar refractivity (Wildman–Crippen MR) is 61.3 cm³/mol. The van der Waals surface area contributed by atoms with Crippen LogP contribution in [-0.2, 0) is 0 Å². The van der Waals surface area contributed by atoms with Crippen LogP contribution in [0.4, 0.5) is 0 Å². The Morgan fingerprint density at radius 1 is 1.38 bits per heavy atom. The minimum atomic E-state index is 0.484. The Kier molecular flexibility index (Phi) is 6.89. The van der Waals surface area contributed by atoms with E-state index in [0.717, 1.165) is 12.8 Å². The lowest BCUT2D eigenvalue weighted by atomic mass is 10.0. The summed E-state index contributed by atoms with van der Waals surface area (Å²) in [5, 5.41) is 0. The van der Waals surface area contributed by atoms with Crippen LogP contribution in [0.15, 0.2) is 42.0 Å². The van der Waals surface area contributed by atoms with Gasteiger partial charge in [0.25, 0.3) is 0 Å². The Balaban J connectivity index is 4.09. The van der Waals surface area contributed by atoms with E-state index in [9.17, 15) is 0 Å². The maximum Gasteiger partial charge on any atom is 0.0273 e. The van der Waals surface area contributed by atoms with Crippen LogP contribution in [0, 0.1) is 5.92 Å². The monoisotopic (exact) mass is 177 g/mol. The maximum atomic E-state index is 4.03. The fourth-order valence-corrected chi connectivity index (χ4v) is 1.06. The molecule has 0 N–H and O–H groups in total. The number of rotatable bonds is 6. The van der Waals surface area contributed by atoms with Gasteiger partial charge in [-0.2, -0.15) is 0 Å². The molecule has 0 saturated carbocycles. The number of allylic oxidation sites excluding steroid dienone is 4. The Morgan fingerprint density at radius 3 is 2.54 bits per heavy atom. The highest BCUT2D eigenvalue weighted by Crippen LogP contribution is 2.09. The van der Waals surface area contributed by atoms with Gasteiger partial charge in [0, 0.05) is 19.2 Å². The SMILES string of the molecule is C=CCC(/C=N\C)C/C=C(/C)C=C. The van der Waals surface area contributed by atoms with Crippen molar-refractivity contribution in [2.24, 2.45) is 10.9 Å². The van der Waals surface area contributed by atoms with Gasteiger partial charge in [-0.15, -0.1) is 6.58 Å². The summed E-state index contributed by atoms with van der Waals surface area (Å²) >= 11 is 0. The van der Waals surface area contributed by atoms with E-state index >= 15 is 0 Å². The van der Waals surface area contributed by atoms with Gasteiger partial charge in [-0.05, 0) is 19.8 Å². The molecule has 0 radical (unpaired) electrons. The number of hydrogen-bond donors (Lipinski definition) is 0. The van der Waals surface area contributed by atoms with Crippen molar-refractivity contribution in [3.05, 3.63) is 37.0 Å². The number of aliphatic imine (C=N–C) groups is 1. The molecule has 0 aliphatic carbocycles. The van der Waals surface area contributed by atoms with E-state index in [1.807, 2.05) is 18.4 Å². The van der Waals surface area contributed by atoms with Crippen LogP contribution in [-0.4, -0.2) is 13.3 Å². The summed E-state index contributed by atoms with van der Waals surface area (Å²) in [6.07, 6.45) is 9.97. The maximum absolute atomic E-state index is 4.03. The van der Waals surface area contributed by atoms with E-state index < -0.39 is 0 Å². The van der Waals surface area contributed by atoms with Crippen LogP contribution in [0.25, 0.3) is 0 Å². The average molecular weight is 177 g/mol. The van der Waals surface area contributed by atoms with Gasteiger partial charge < -0.3 is 4.99 Å². The molecule has 0 fully saturated rings. The van der Waals surface area contributed by atoms with Crippen LogP contribution >= 0.6 is 0 Å². The molecule has 1 heteroatoms. The van der Waals surface area contributed by atoms with E-state index in [-0.39, 0.29) is 0 Å². The summed E-state index contributed by atoms with van der Waals surface area (Å²) < 4.78 is 0. The summed E-state index contributed by atoms with van der Waals surface area (Å²) in [5.74, 6) is 0.484. The lowest BCUT2D eigenvalue weighted by Crippen LogP contribution is -1.99. The summed E-state index contributed by atoms with van der Waals surface area (Å²) in [6.45, 7) is 9.49. The van der Waals surface area contributed by atoms with Crippen LogP contribution < -0.4 is 0 Å². The van der Waals surface area contributed by atoms with Crippen molar-refractivity contribution in [3.8, 4) is 0 Å². The highest BCUT2D eigenvalue weighted by molar-refractivity contribution is 5.61. The molecule has 0 aromatic rings. The van der Waals surface area contributed by atoms with Gasteiger partial charge in [0.1, 0.15) is 0 Å². The minimum absolute atomic E-state index is 0.484. The first-order chi connectivity index (χ1) is 6.24. The molecule has 0 bridgehead atoms. The Bertz CT molecular complexity index is 211. The third-order valence-corrected chi connectivity index (χ3v) is 1.89. The molecule has 0 saturated heterocycles. The molecule has 1 nitrogen and oxygen atoms in total. The van der Waals surface area contributed by atoms with E-state index in [1.54, 1.807) is 7.05 Å². The van der Waals surface area contributed by atoms with Crippen LogP contribution in [0.1, 0.15) is 19.8 Å². The zero-order valence-corrected chi connectivity index (χ0v) is 8.66. The fourth-order valence-electron chi connectivity index (χ4n) is 1.06. The van der Waals surface area contributed by atoms with Crippen molar-refractivity contribution in [1.29, 1.82) is 0 Å². The molecule has 0 aliphatic heterocycles. The van der Waals surface area contributed by atoms with E-state index in [0.29, 0.717) is 5.92 Å². The molecular weight excluding hydrogens is 158 g/mol. The number of nitrogens with zero attached hydrogens (tertiary/aromatic N) is 1.